The average Bonchev–Trinajstić information content (AvgIpc) is 2.34. The first-order chi connectivity index (χ1) is 7.86. The van der Waals surface area contributed by atoms with E-state index in [1.807, 2.05) is 18.3 Å². The molecule has 0 fully saturated rings. The molecule has 0 aliphatic carbocycles. The van der Waals surface area contributed by atoms with E-state index in [9.17, 15) is 0 Å². The Morgan fingerprint density at radius 2 is 2.12 bits per heavy atom. The molecule has 1 heterocycles. The minimum Gasteiger partial charge on any atom is -0.330 e. The second-order valence-electron chi connectivity index (χ2n) is 4.04. The SMILES string of the molecule is CCN(CCCCCN)Cc1ccccn1. The summed E-state index contributed by atoms with van der Waals surface area (Å²) in [6.07, 6.45) is 5.46. The Bertz CT molecular complexity index is 261. The van der Waals surface area contributed by atoms with Crippen LogP contribution >= 0.6 is 0 Å². The monoisotopic (exact) mass is 221 g/mol. The van der Waals surface area contributed by atoms with E-state index in [0.717, 1.165) is 38.3 Å². The predicted molar refractivity (Wildman–Crippen MR) is 68.1 cm³/mol. The maximum absolute atomic E-state index is 5.48. The third-order valence-electron chi connectivity index (χ3n) is 2.74. The van der Waals surface area contributed by atoms with Crippen molar-refractivity contribution >= 4 is 0 Å². The molecule has 1 rings (SSSR count). The average molecular weight is 221 g/mol. The molecule has 0 saturated carbocycles. The smallest absolute Gasteiger partial charge is 0.0543 e. The molecule has 0 atom stereocenters. The number of nitrogens with two attached hydrogens (primary N) is 1. The molecule has 0 aliphatic rings. The Labute approximate surface area is 98.7 Å². The second-order valence-corrected chi connectivity index (χ2v) is 4.04. The van der Waals surface area contributed by atoms with Crippen LogP contribution in [-0.2, 0) is 6.54 Å². The molecular formula is C13H23N3. The van der Waals surface area contributed by atoms with Crippen LogP contribution in [0.15, 0.2) is 24.4 Å². The van der Waals surface area contributed by atoms with Gasteiger partial charge < -0.3 is 5.73 Å². The molecule has 90 valence electrons. The minimum absolute atomic E-state index is 0.812. The first kappa shape index (κ1) is 13.1. The molecule has 2 N–H and O–H groups in total. The van der Waals surface area contributed by atoms with Crippen molar-refractivity contribution in [3.05, 3.63) is 30.1 Å². The van der Waals surface area contributed by atoms with Gasteiger partial charge in [-0.25, -0.2) is 0 Å². The van der Waals surface area contributed by atoms with E-state index in [0.29, 0.717) is 0 Å². The van der Waals surface area contributed by atoms with Crippen LogP contribution in [-0.4, -0.2) is 29.5 Å². The number of hydrogen-bond acceptors (Lipinski definition) is 3. The lowest BCUT2D eigenvalue weighted by Gasteiger charge is -2.19. The van der Waals surface area contributed by atoms with Crippen molar-refractivity contribution in [3.63, 3.8) is 0 Å². The van der Waals surface area contributed by atoms with Crippen LogP contribution in [0.2, 0.25) is 0 Å². The largest absolute Gasteiger partial charge is 0.330 e. The topological polar surface area (TPSA) is 42.1 Å². The van der Waals surface area contributed by atoms with Crippen LogP contribution in [0.5, 0.6) is 0 Å². The molecular weight excluding hydrogens is 198 g/mol. The zero-order valence-corrected chi connectivity index (χ0v) is 10.2. The van der Waals surface area contributed by atoms with Crippen molar-refractivity contribution in [1.82, 2.24) is 9.88 Å². The fourth-order valence-electron chi connectivity index (χ4n) is 1.73. The van der Waals surface area contributed by atoms with Gasteiger partial charge in [-0.05, 0) is 44.6 Å². The molecule has 0 aromatic carbocycles. The Balaban J connectivity index is 2.26. The molecule has 16 heavy (non-hydrogen) atoms. The molecule has 0 amide bonds. The molecule has 0 radical (unpaired) electrons. The van der Waals surface area contributed by atoms with Gasteiger partial charge >= 0.3 is 0 Å². The fourth-order valence-corrected chi connectivity index (χ4v) is 1.73. The van der Waals surface area contributed by atoms with Gasteiger partial charge in [-0.15, -0.1) is 0 Å². The number of pyridine rings is 1. The van der Waals surface area contributed by atoms with Gasteiger partial charge in [0.1, 0.15) is 0 Å². The van der Waals surface area contributed by atoms with Gasteiger partial charge in [0.25, 0.3) is 0 Å². The van der Waals surface area contributed by atoms with Crippen LogP contribution < -0.4 is 5.73 Å². The van der Waals surface area contributed by atoms with Crippen LogP contribution in [0.4, 0.5) is 0 Å². The maximum Gasteiger partial charge on any atom is 0.0543 e. The molecule has 3 nitrogen and oxygen atoms in total. The van der Waals surface area contributed by atoms with Crippen molar-refractivity contribution in [2.75, 3.05) is 19.6 Å². The molecule has 0 saturated heterocycles. The third kappa shape index (κ3) is 5.24. The quantitative estimate of drug-likeness (QED) is 0.683. The van der Waals surface area contributed by atoms with Gasteiger partial charge in [0.05, 0.1) is 5.69 Å². The summed E-state index contributed by atoms with van der Waals surface area (Å²) in [6, 6.07) is 6.09. The predicted octanol–water partition coefficient (Wildman–Crippen LogP) is 2.03. The standard InChI is InChI=1S/C13H23N3/c1-2-16(11-7-3-5-9-14)12-13-8-4-6-10-15-13/h4,6,8,10H,2-3,5,7,9,11-12,14H2,1H3. The summed E-state index contributed by atoms with van der Waals surface area (Å²) < 4.78 is 0. The molecule has 0 spiro atoms. The molecule has 3 heteroatoms. The fraction of sp³-hybridized carbons (Fsp3) is 0.615. The highest BCUT2D eigenvalue weighted by atomic mass is 15.1. The Hall–Kier alpha value is -0.930. The lowest BCUT2D eigenvalue weighted by atomic mass is 10.2. The van der Waals surface area contributed by atoms with E-state index in [1.165, 1.54) is 12.8 Å². The summed E-state index contributed by atoms with van der Waals surface area (Å²) in [6.45, 7) is 6.20. The summed E-state index contributed by atoms with van der Waals surface area (Å²) in [5.74, 6) is 0. The highest BCUT2D eigenvalue weighted by Crippen LogP contribution is 2.03. The number of hydrogen-bond donors (Lipinski definition) is 1. The number of nitrogens with zero attached hydrogens (tertiary/aromatic N) is 2. The number of rotatable bonds is 8. The summed E-state index contributed by atoms with van der Waals surface area (Å²) in [5.41, 5.74) is 6.63. The summed E-state index contributed by atoms with van der Waals surface area (Å²) in [5, 5.41) is 0. The van der Waals surface area contributed by atoms with Gasteiger partial charge in [0.2, 0.25) is 0 Å². The van der Waals surface area contributed by atoms with E-state index < -0.39 is 0 Å². The van der Waals surface area contributed by atoms with Crippen LogP contribution in [0.25, 0.3) is 0 Å². The first-order valence-corrected chi connectivity index (χ1v) is 6.19. The number of unbranched alkanes of at least 4 members (excludes halogenated alkanes) is 2. The Kier molecular flexibility index (Phi) is 6.77. The second kappa shape index (κ2) is 8.25. The van der Waals surface area contributed by atoms with Gasteiger partial charge in [0.15, 0.2) is 0 Å². The van der Waals surface area contributed by atoms with Crippen molar-refractivity contribution < 1.29 is 0 Å². The molecule has 1 aromatic heterocycles. The summed E-state index contributed by atoms with van der Waals surface area (Å²) >= 11 is 0. The highest BCUT2D eigenvalue weighted by molar-refractivity contribution is 5.03. The van der Waals surface area contributed by atoms with Crippen molar-refractivity contribution in [2.45, 2.75) is 32.7 Å². The van der Waals surface area contributed by atoms with Gasteiger partial charge in [-0.3, -0.25) is 9.88 Å². The maximum atomic E-state index is 5.48. The normalized spacial score (nSPS) is 10.9. The zero-order chi connectivity index (χ0) is 11.6. The zero-order valence-electron chi connectivity index (χ0n) is 10.2. The van der Waals surface area contributed by atoms with Crippen molar-refractivity contribution in [3.8, 4) is 0 Å². The van der Waals surface area contributed by atoms with Crippen molar-refractivity contribution in [2.24, 2.45) is 5.73 Å². The molecule has 0 bridgehead atoms. The Morgan fingerprint density at radius 3 is 2.75 bits per heavy atom. The lowest BCUT2D eigenvalue weighted by molar-refractivity contribution is 0.270. The third-order valence-corrected chi connectivity index (χ3v) is 2.74. The van der Waals surface area contributed by atoms with Crippen molar-refractivity contribution in [1.29, 1.82) is 0 Å². The summed E-state index contributed by atoms with van der Waals surface area (Å²) in [7, 11) is 0. The van der Waals surface area contributed by atoms with Gasteiger partial charge in [-0.2, -0.15) is 0 Å². The van der Waals surface area contributed by atoms with Crippen LogP contribution in [0.1, 0.15) is 31.9 Å². The Morgan fingerprint density at radius 1 is 1.25 bits per heavy atom. The first-order valence-electron chi connectivity index (χ1n) is 6.19. The van der Waals surface area contributed by atoms with E-state index in [2.05, 4.69) is 22.9 Å². The van der Waals surface area contributed by atoms with Crippen LogP contribution in [0, 0.1) is 0 Å². The highest BCUT2D eigenvalue weighted by Gasteiger charge is 2.03. The molecule has 1 aromatic rings. The van der Waals surface area contributed by atoms with Gasteiger partial charge in [-0.1, -0.05) is 19.4 Å². The van der Waals surface area contributed by atoms with Crippen LogP contribution in [0.3, 0.4) is 0 Å². The van der Waals surface area contributed by atoms with E-state index in [4.69, 9.17) is 5.73 Å². The van der Waals surface area contributed by atoms with E-state index in [1.54, 1.807) is 0 Å². The molecule has 0 unspecified atom stereocenters. The summed E-state index contributed by atoms with van der Waals surface area (Å²) in [4.78, 5) is 6.78. The minimum atomic E-state index is 0.812. The molecule has 0 aliphatic heterocycles. The lowest BCUT2D eigenvalue weighted by Crippen LogP contribution is -2.24. The van der Waals surface area contributed by atoms with Gasteiger partial charge in [0, 0.05) is 12.7 Å². The van der Waals surface area contributed by atoms with E-state index >= 15 is 0 Å². The number of aromatic nitrogens is 1. The van der Waals surface area contributed by atoms with E-state index in [-0.39, 0.29) is 0 Å².